The molecular weight excluding hydrogens is 282 g/mol. The second-order valence-electron chi connectivity index (χ2n) is 7.96. The van der Waals surface area contributed by atoms with Crippen molar-refractivity contribution < 1.29 is 4.79 Å². The van der Waals surface area contributed by atoms with Gasteiger partial charge in [-0.15, -0.1) is 0 Å². The maximum absolute atomic E-state index is 12.1. The van der Waals surface area contributed by atoms with Gasteiger partial charge in [0.15, 0.2) is 0 Å². The molecule has 1 heterocycles. The summed E-state index contributed by atoms with van der Waals surface area (Å²) in [5.74, 6) is 0. The van der Waals surface area contributed by atoms with Crippen LogP contribution in [0.1, 0.15) is 39.7 Å². The molecule has 0 amide bonds. The summed E-state index contributed by atoms with van der Waals surface area (Å²) >= 11 is 0. The molecule has 0 bridgehead atoms. The van der Waals surface area contributed by atoms with Crippen molar-refractivity contribution in [3.8, 4) is 0 Å². The summed E-state index contributed by atoms with van der Waals surface area (Å²) in [5.41, 5.74) is 3.47. The molecule has 120 valence electrons. The lowest BCUT2D eigenvalue weighted by Crippen LogP contribution is -2.44. The molecule has 2 aromatic rings. The van der Waals surface area contributed by atoms with Crippen LogP contribution in [-0.2, 0) is 10.2 Å². The summed E-state index contributed by atoms with van der Waals surface area (Å²) in [7, 11) is 0. The predicted octanol–water partition coefficient (Wildman–Crippen LogP) is 5.10. The molecule has 2 atom stereocenters. The number of carbonyl (C=O) groups excluding carboxylic acids is 1. The van der Waals surface area contributed by atoms with Crippen molar-refractivity contribution in [2.24, 2.45) is 5.41 Å². The Morgan fingerprint density at radius 3 is 2.26 bits per heavy atom. The molecule has 2 nitrogen and oxygen atoms in total. The van der Waals surface area contributed by atoms with E-state index >= 15 is 0 Å². The van der Waals surface area contributed by atoms with Crippen LogP contribution in [0.3, 0.4) is 0 Å². The van der Waals surface area contributed by atoms with Crippen molar-refractivity contribution in [3.05, 3.63) is 60.2 Å². The van der Waals surface area contributed by atoms with E-state index in [0.717, 1.165) is 24.1 Å². The number of fused-ring (bicyclic) bond motifs is 1. The minimum atomic E-state index is -0.188. The highest BCUT2D eigenvalue weighted by atomic mass is 16.1. The second kappa shape index (κ2) is 5.52. The van der Waals surface area contributed by atoms with Crippen LogP contribution in [0.25, 0.3) is 0 Å². The minimum Gasteiger partial charge on any atom is -0.330 e. The Morgan fingerprint density at radius 1 is 1.04 bits per heavy atom. The van der Waals surface area contributed by atoms with Crippen LogP contribution >= 0.6 is 0 Å². The third-order valence-corrected chi connectivity index (χ3v) is 4.77. The smallest absolute Gasteiger partial charge is 0.143 e. The first kappa shape index (κ1) is 15.8. The van der Waals surface area contributed by atoms with Gasteiger partial charge < -0.3 is 9.69 Å². The number of carbonyl (C=O) groups is 1. The quantitative estimate of drug-likeness (QED) is 0.735. The van der Waals surface area contributed by atoms with Crippen molar-refractivity contribution in [2.45, 2.75) is 45.6 Å². The van der Waals surface area contributed by atoms with E-state index in [4.69, 9.17) is 0 Å². The van der Waals surface area contributed by atoms with Gasteiger partial charge in [-0.2, -0.15) is 0 Å². The lowest BCUT2D eigenvalue weighted by molar-refractivity contribution is -0.110. The summed E-state index contributed by atoms with van der Waals surface area (Å²) in [5, 5.41) is 0. The molecule has 0 fully saturated rings. The van der Waals surface area contributed by atoms with E-state index in [9.17, 15) is 4.79 Å². The Hall–Kier alpha value is -2.09. The first-order valence-electron chi connectivity index (χ1n) is 8.26. The van der Waals surface area contributed by atoms with E-state index in [2.05, 4.69) is 69.0 Å². The van der Waals surface area contributed by atoms with E-state index in [-0.39, 0.29) is 16.9 Å². The van der Waals surface area contributed by atoms with Crippen molar-refractivity contribution >= 4 is 17.7 Å². The molecule has 0 saturated carbocycles. The molecule has 2 unspecified atom stereocenters. The molecule has 23 heavy (non-hydrogen) atoms. The second-order valence-corrected chi connectivity index (χ2v) is 7.96. The third-order valence-electron chi connectivity index (χ3n) is 4.77. The van der Waals surface area contributed by atoms with Crippen molar-refractivity contribution in [1.29, 1.82) is 0 Å². The molecule has 0 spiro atoms. The summed E-state index contributed by atoms with van der Waals surface area (Å²) in [4.78, 5) is 14.3. The van der Waals surface area contributed by atoms with E-state index in [1.165, 1.54) is 5.56 Å². The number of para-hydroxylation sites is 2. The molecule has 2 heteroatoms. The number of rotatable bonds is 3. The Labute approximate surface area is 139 Å². The fourth-order valence-electron chi connectivity index (χ4n) is 4.16. The molecule has 3 rings (SSSR count). The molecule has 0 N–H and O–H groups in total. The maximum Gasteiger partial charge on any atom is 0.143 e. The molecule has 2 aromatic carbocycles. The lowest BCUT2D eigenvalue weighted by Gasteiger charge is -2.37. The Morgan fingerprint density at radius 2 is 1.65 bits per heavy atom. The van der Waals surface area contributed by atoms with E-state index in [1.807, 2.05) is 18.2 Å². The van der Waals surface area contributed by atoms with Crippen LogP contribution in [0.5, 0.6) is 0 Å². The average molecular weight is 307 g/mol. The Balaban J connectivity index is 2.18. The Kier molecular flexibility index (Phi) is 3.79. The van der Waals surface area contributed by atoms with Gasteiger partial charge in [0.2, 0.25) is 0 Å². The van der Waals surface area contributed by atoms with Gasteiger partial charge >= 0.3 is 0 Å². The highest BCUT2D eigenvalue weighted by Gasteiger charge is 2.49. The van der Waals surface area contributed by atoms with E-state index < -0.39 is 0 Å². The topological polar surface area (TPSA) is 20.3 Å². The minimum absolute atomic E-state index is 0.149. The summed E-state index contributed by atoms with van der Waals surface area (Å²) in [6.45, 7) is 8.97. The van der Waals surface area contributed by atoms with E-state index in [1.54, 1.807) is 0 Å². The van der Waals surface area contributed by atoms with Crippen molar-refractivity contribution in [1.82, 2.24) is 0 Å². The van der Waals surface area contributed by atoms with Gasteiger partial charge in [0.25, 0.3) is 0 Å². The van der Waals surface area contributed by atoms with Crippen LogP contribution in [0.15, 0.2) is 54.6 Å². The zero-order valence-corrected chi connectivity index (χ0v) is 14.4. The summed E-state index contributed by atoms with van der Waals surface area (Å²) in [6.07, 6.45) is 2.09. The first-order chi connectivity index (χ1) is 10.9. The highest BCUT2D eigenvalue weighted by Crippen LogP contribution is 2.52. The standard InChI is InChI=1S/C21H25NO/c1-20(2,3)15-21(4)17-12-8-9-13-18(17)22(19(21)14-23)16-10-6-5-7-11-16/h5-14,19H,15H2,1-4H3. The van der Waals surface area contributed by atoms with Crippen LogP contribution in [0, 0.1) is 5.41 Å². The third kappa shape index (κ3) is 2.67. The van der Waals surface area contributed by atoms with Crippen LogP contribution < -0.4 is 4.90 Å². The number of aldehydes is 1. The largest absolute Gasteiger partial charge is 0.330 e. The molecule has 1 aliphatic heterocycles. The van der Waals surface area contributed by atoms with Gasteiger partial charge in [-0.3, -0.25) is 0 Å². The number of nitrogens with zero attached hydrogens (tertiary/aromatic N) is 1. The number of hydrogen-bond donors (Lipinski definition) is 0. The summed E-state index contributed by atoms with van der Waals surface area (Å²) in [6, 6.07) is 18.5. The first-order valence-corrected chi connectivity index (χ1v) is 8.26. The van der Waals surface area contributed by atoms with Gasteiger partial charge in [-0.1, -0.05) is 64.1 Å². The van der Waals surface area contributed by atoms with Crippen LogP contribution in [0.2, 0.25) is 0 Å². The number of anilines is 2. The lowest BCUT2D eigenvalue weighted by atomic mass is 9.68. The van der Waals surface area contributed by atoms with Crippen LogP contribution in [0.4, 0.5) is 11.4 Å². The monoisotopic (exact) mass is 307 g/mol. The fourth-order valence-corrected chi connectivity index (χ4v) is 4.16. The van der Waals surface area contributed by atoms with E-state index in [0.29, 0.717) is 0 Å². The molecule has 1 aliphatic rings. The maximum atomic E-state index is 12.1. The van der Waals surface area contributed by atoms with Crippen molar-refractivity contribution in [3.63, 3.8) is 0 Å². The SMILES string of the molecule is CC(C)(C)CC1(C)c2ccccc2N(c2ccccc2)C1C=O. The fraction of sp³-hybridized carbons (Fsp3) is 0.381. The van der Waals surface area contributed by atoms with Gasteiger partial charge in [0.05, 0.1) is 6.04 Å². The summed E-state index contributed by atoms with van der Waals surface area (Å²) < 4.78 is 0. The zero-order chi connectivity index (χ0) is 16.7. The molecule has 0 saturated heterocycles. The van der Waals surface area contributed by atoms with Gasteiger partial charge in [-0.05, 0) is 35.6 Å². The van der Waals surface area contributed by atoms with Crippen LogP contribution in [-0.4, -0.2) is 12.3 Å². The normalized spacial score (nSPS) is 23.7. The average Bonchev–Trinajstić information content (AvgIpc) is 2.75. The van der Waals surface area contributed by atoms with Gasteiger partial charge in [0, 0.05) is 16.8 Å². The van der Waals surface area contributed by atoms with Gasteiger partial charge in [-0.25, -0.2) is 0 Å². The molecule has 0 radical (unpaired) electrons. The molecule has 0 aromatic heterocycles. The highest BCUT2D eigenvalue weighted by molar-refractivity contribution is 5.84. The molecular formula is C21H25NO. The number of benzene rings is 2. The predicted molar refractivity (Wildman–Crippen MR) is 96.3 cm³/mol. The van der Waals surface area contributed by atoms with Gasteiger partial charge in [0.1, 0.15) is 6.29 Å². The Bertz CT molecular complexity index is 701. The number of hydrogen-bond acceptors (Lipinski definition) is 2. The molecule has 0 aliphatic carbocycles. The zero-order valence-electron chi connectivity index (χ0n) is 14.4. The van der Waals surface area contributed by atoms with Crippen molar-refractivity contribution in [2.75, 3.05) is 4.90 Å².